The highest BCUT2D eigenvalue weighted by molar-refractivity contribution is 6.31. The highest BCUT2D eigenvalue weighted by atomic mass is 35.5. The van der Waals surface area contributed by atoms with Crippen molar-refractivity contribution in [2.24, 2.45) is 0 Å². The van der Waals surface area contributed by atoms with Gasteiger partial charge in [-0.3, -0.25) is 4.79 Å². The van der Waals surface area contributed by atoms with Gasteiger partial charge < -0.3 is 14.8 Å². The monoisotopic (exact) mass is 337 g/mol. The molecule has 23 heavy (non-hydrogen) atoms. The van der Waals surface area contributed by atoms with Crippen molar-refractivity contribution in [3.8, 4) is 11.5 Å². The van der Waals surface area contributed by atoms with Gasteiger partial charge in [-0.2, -0.15) is 0 Å². The molecule has 1 amide bonds. The Bertz CT molecular complexity index is 706. The Morgan fingerprint density at radius 1 is 1.13 bits per heavy atom. The summed E-state index contributed by atoms with van der Waals surface area (Å²) in [6, 6.07) is 9.46. The molecule has 4 nitrogen and oxygen atoms in total. The maximum atomic E-state index is 13.1. The second-order valence-electron chi connectivity index (χ2n) is 4.82. The second-order valence-corrected chi connectivity index (χ2v) is 5.23. The van der Waals surface area contributed by atoms with Crippen molar-refractivity contribution in [1.82, 2.24) is 5.32 Å². The summed E-state index contributed by atoms with van der Waals surface area (Å²) in [7, 11) is 3.15. The van der Waals surface area contributed by atoms with E-state index < -0.39 is 5.82 Å². The Labute approximate surface area is 139 Å². The molecule has 2 aromatic rings. The molecule has 0 saturated carbocycles. The van der Waals surface area contributed by atoms with Crippen LogP contribution in [0.4, 0.5) is 4.39 Å². The van der Waals surface area contributed by atoms with Crippen molar-refractivity contribution < 1.29 is 18.7 Å². The average Bonchev–Trinajstić information content (AvgIpc) is 2.57. The zero-order valence-electron chi connectivity index (χ0n) is 12.9. The van der Waals surface area contributed by atoms with Crippen LogP contribution in [0.5, 0.6) is 11.5 Å². The molecule has 0 aliphatic heterocycles. The van der Waals surface area contributed by atoms with Gasteiger partial charge in [-0.25, -0.2) is 4.39 Å². The number of hydrogen-bond donors (Lipinski definition) is 1. The minimum atomic E-state index is -0.548. The van der Waals surface area contributed by atoms with Crippen LogP contribution in [0.15, 0.2) is 36.4 Å². The lowest BCUT2D eigenvalue weighted by atomic mass is 10.1. The number of amides is 1. The minimum absolute atomic E-state index is 0.0717. The number of benzene rings is 2. The lowest BCUT2D eigenvalue weighted by molar-refractivity contribution is 0.0954. The Hall–Kier alpha value is -2.27. The lowest BCUT2D eigenvalue weighted by Crippen LogP contribution is -2.25. The van der Waals surface area contributed by atoms with Crippen LogP contribution < -0.4 is 14.8 Å². The fourth-order valence-electron chi connectivity index (χ4n) is 2.10. The third-order valence-electron chi connectivity index (χ3n) is 3.33. The molecule has 0 spiro atoms. The maximum absolute atomic E-state index is 13.1. The molecular formula is C17H17ClFNO3. The van der Waals surface area contributed by atoms with Crippen LogP contribution in [-0.4, -0.2) is 26.7 Å². The van der Waals surface area contributed by atoms with Gasteiger partial charge in [-0.15, -0.1) is 0 Å². The topological polar surface area (TPSA) is 47.6 Å². The minimum Gasteiger partial charge on any atom is -0.493 e. The molecule has 1 N–H and O–H groups in total. The first-order valence-electron chi connectivity index (χ1n) is 6.99. The van der Waals surface area contributed by atoms with E-state index in [0.29, 0.717) is 30.0 Å². The predicted octanol–water partition coefficient (Wildman–Crippen LogP) is 3.47. The zero-order chi connectivity index (χ0) is 16.8. The molecule has 0 aromatic heterocycles. The summed E-state index contributed by atoms with van der Waals surface area (Å²) in [6.07, 6.45) is 0.626. The molecule has 0 atom stereocenters. The Morgan fingerprint density at radius 3 is 2.52 bits per heavy atom. The van der Waals surface area contributed by atoms with Crippen LogP contribution >= 0.6 is 11.6 Å². The maximum Gasteiger partial charge on any atom is 0.251 e. The first-order valence-corrected chi connectivity index (χ1v) is 7.37. The molecule has 0 bridgehead atoms. The van der Waals surface area contributed by atoms with Crippen LogP contribution in [-0.2, 0) is 6.42 Å². The average molecular weight is 338 g/mol. The summed E-state index contributed by atoms with van der Waals surface area (Å²) in [5.74, 6) is 0.448. The van der Waals surface area contributed by atoms with E-state index in [4.69, 9.17) is 21.1 Å². The smallest absolute Gasteiger partial charge is 0.251 e. The number of hydrogen-bond acceptors (Lipinski definition) is 3. The van der Waals surface area contributed by atoms with Crippen LogP contribution in [0.25, 0.3) is 0 Å². The number of rotatable bonds is 6. The van der Waals surface area contributed by atoms with E-state index in [0.717, 1.165) is 5.56 Å². The molecule has 6 heteroatoms. The summed E-state index contributed by atoms with van der Waals surface area (Å²) in [5.41, 5.74) is 1.32. The summed E-state index contributed by atoms with van der Waals surface area (Å²) in [5, 5.41) is 2.70. The van der Waals surface area contributed by atoms with Crippen molar-refractivity contribution >= 4 is 17.5 Å². The molecule has 0 unspecified atom stereocenters. The Kier molecular flexibility index (Phi) is 5.82. The SMILES string of the molecule is COc1ccc(CCNC(=O)c2ccc(F)c(Cl)c2)cc1OC. The van der Waals surface area contributed by atoms with Crippen molar-refractivity contribution in [3.05, 3.63) is 58.4 Å². The van der Waals surface area contributed by atoms with Crippen LogP contribution in [0.2, 0.25) is 5.02 Å². The molecule has 122 valence electrons. The van der Waals surface area contributed by atoms with Gasteiger partial charge in [0.05, 0.1) is 19.2 Å². The van der Waals surface area contributed by atoms with Gasteiger partial charge in [0, 0.05) is 12.1 Å². The quantitative estimate of drug-likeness (QED) is 0.878. The summed E-state index contributed by atoms with van der Waals surface area (Å²) < 4.78 is 23.5. The lowest BCUT2D eigenvalue weighted by Gasteiger charge is -2.10. The van der Waals surface area contributed by atoms with Crippen molar-refractivity contribution in [3.63, 3.8) is 0 Å². The van der Waals surface area contributed by atoms with E-state index in [9.17, 15) is 9.18 Å². The highest BCUT2D eigenvalue weighted by Gasteiger charge is 2.09. The van der Waals surface area contributed by atoms with Gasteiger partial charge in [-0.1, -0.05) is 17.7 Å². The first kappa shape index (κ1) is 17.1. The van der Waals surface area contributed by atoms with E-state index in [2.05, 4.69) is 5.32 Å². The van der Waals surface area contributed by atoms with Gasteiger partial charge in [0.15, 0.2) is 11.5 Å². The third-order valence-corrected chi connectivity index (χ3v) is 3.62. The van der Waals surface area contributed by atoms with Gasteiger partial charge in [-0.05, 0) is 42.3 Å². The summed E-state index contributed by atoms with van der Waals surface area (Å²) >= 11 is 5.67. The molecule has 0 heterocycles. The number of carbonyl (C=O) groups is 1. The number of nitrogens with one attached hydrogen (secondary N) is 1. The summed E-state index contributed by atoms with van der Waals surface area (Å²) in [4.78, 5) is 12.0. The number of methoxy groups -OCH3 is 2. The van der Waals surface area contributed by atoms with Crippen molar-refractivity contribution in [2.45, 2.75) is 6.42 Å². The van der Waals surface area contributed by atoms with E-state index in [1.165, 1.54) is 18.2 Å². The molecule has 0 radical (unpaired) electrons. The van der Waals surface area contributed by atoms with Gasteiger partial charge in [0.25, 0.3) is 5.91 Å². The molecule has 0 fully saturated rings. The zero-order valence-corrected chi connectivity index (χ0v) is 13.6. The van der Waals surface area contributed by atoms with Gasteiger partial charge >= 0.3 is 0 Å². The van der Waals surface area contributed by atoms with Crippen LogP contribution in [0, 0.1) is 5.82 Å². The molecular weight excluding hydrogens is 321 g/mol. The Balaban J connectivity index is 1.94. The normalized spacial score (nSPS) is 10.3. The molecule has 0 saturated heterocycles. The fourth-order valence-corrected chi connectivity index (χ4v) is 2.28. The molecule has 2 rings (SSSR count). The Morgan fingerprint density at radius 2 is 1.87 bits per heavy atom. The van der Waals surface area contributed by atoms with Gasteiger partial charge in [0.1, 0.15) is 5.82 Å². The standard InChI is InChI=1S/C17H17ClFNO3/c1-22-15-6-3-11(9-16(15)23-2)7-8-20-17(21)12-4-5-14(19)13(18)10-12/h3-6,9-10H,7-8H2,1-2H3,(H,20,21). The van der Waals surface area contributed by atoms with E-state index in [-0.39, 0.29) is 10.9 Å². The van der Waals surface area contributed by atoms with Crippen LogP contribution in [0.1, 0.15) is 15.9 Å². The fraction of sp³-hybridized carbons (Fsp3) is 0.235. The highest BCUT2D eigenvalue weighted by Crippen LogP contribution is 2.27. The van der Waals surface area contributed by atoms with Crippen LogP contribution in [0.3, 0.4) is 0 Å². The predicted molar refractivity (Wildman–Crippen MR) is 87.0 cm³/mol. The van der Waals surface area contributed by atoms with Crippen molar-refractivity contribution in [1.29, 1.82) is 0 Å². The number of ether oxygens (including phenoxy) is 2. The number of carbonyl (C=O) groups excluding carboxylic acids is 1. The van der Waals surface area contributed by atoms with E-state index in [1.54, 1.807) is 14.2 Å². The molecule has 2 aromatic carbocycles. The molecule has 0 aliphatic rings. The summed E-state index contributed by atoms with van der Waals surface area (Å²) in [6.45, 7) is 0.434. The largest absolute Gasteiger partial charge is 0.493 e. The van der Waals surface area contributed by atoms with Crippen molar-refractivity contribution in [2.75, 3.05) is 20.8 Å². The first-order chi connectivity index (χ1) is 11.0. The molecule has 0 aliphatic carbocycles. The number of halogens is 2. The van der Waals surface area contributed by atoms with E-state index >= 15 is 0 Å². The van der Waals surface area contributed by atoms with E-state index in [1.807, 2.05) is 18.2 Å². The third kappa shape index (κ3) is 4.36. The second kappa shape index (κ2) is 7.83. The van der Waals surface area contributed by atoms with Gasteiger partial charge in [0.2, 0.25) is 0 Å².